The number of hydrogen-bond donors (Lipinski definition) is 1. The average molecular weight is 197 g/mol. The molecule has 0 aromatic carbocycles. The zero-order chi connectivity index (χ0) is 8.74. The van der Waals surface area contributed by atoms with E-state index in [9.17, 15) is 5.11 Å². The van der Waals surface area contributed by atoms with Crippen LogP contribution in [0.5, 0.6) is 0 Å². The van der Waals surface area contributed by atoms with Gasteiger partial charge in [0.1, 0.15) is 0 Å². The normalized spacial score (nSPS) is 15.9. The molecule has 66 valence electrons. The van der Waals surface area contributed by atoms with Crippen LogP contribution in [-0.2, 0) is 0 Å². The lowest BCUT2D eigenvalue weighted by Gasteiger charge is -2.23. The Labute approximate surface area is 78.0 Å². The molecule has 0 fully saturated rings. The maximum atomic E-state index is 9.69. The molecule has 1 N–H and O–H groups in total. The highest BCUT2D eigenvalue weighted by molar-refractivity contribution is 6.18. The fourth-order valence-corrected chi connectivity index (χ4v) is 1.26. The number of aliphatic hydroxyl groups is 1. The van der Waals surface area contributed by atoms with E-state index < -0.39 is 5.60 Å². The van der Waals surface area contributed by atoms with Crippen molar-refractivity contribution in [1.29, 1.82) is 0 Å². The van der Waals surface area contributed by atoms with Crippen molar-refractivity contribution < 1.29 is 5.11 Å². The van der Waals surface area contributed by atoms with Crippen LogP contribution in [0.2, 0.25) is 0 Å². The van der Waals surface area contributed by atoms with E-state index in [1.54, 1.807) is 6.08 Å². The zero-order valence-electron chi connectivity index (χ0n) is 6.52. The molecule has 0 unspecified atom stereocenters. The quantitative estimate of drug-likeness (QED) is 0.512. The van der Waals surface area contributed by atoms with E-state index in [1.165, 1.54) is 0 Å². The van der Waals surface area contributed by atoms with E-state index in [4.69, 9.17) is 23.2 Å². The third-order valence-corrected chi connectivity index (χ3v) is 2.31. The minimum atomic E-state index is -0.793. The fourth-order valence-electron chi connectivity index (χ4n) is 0.888. The van der Waals surface area contributed by atoms with Gasteiger partial charge >= 0.3 is 0 Å². The molecule has 0 aliphatic heterocycles. The molecule has 0 spiro atoms. The average Bonchev–Trinajstić information content (AvgIpc) is 2.02. The Morgan fingerprint density at radius 2 is 2.09 bits per heavy atom. The lowest BCUT2D eigenvalue weighted by atomic mass is 9.97. The van der Waals surface area contributed by atoms with Crippen molar-refractivity contribution in [2.45, 2.75) is 24.9 Å². The number of halogens is 2. The molecule has 0 aliphatic rings. The molecule has 0 saturated carbocycles. The molecule has 0 aliphatic carbocycles. The van der Waals surface area contributed by atoms with Crippen LogP contribution in [0.15, 0.2) is 12.7 Å². The first-order valence-electron chi connectivity index (χ1n) is 3.64. The highest BCUT2D eigenvalue weighted by Gasteiger charge is 2.22. The number of alkyl halides is 2. The Morgan fingerprint density at radius 1 is 1.45 bits per heavy atom. The molecule has 0 rings (SSSR count). The number of hydrogen-bond acceptors (Lipinski definition) is 1. The Bertz CT molecular complexity index is 117. The first-order chi connectivity index (χ1) is 5.18. The van der Waals surface area contributed by atoms with Gasteiger partial charge in [-0.15, -0.1) is 29.8 Å². The molecule has 0 heterocycles. The van der Waals surface area contributed by atoms with Gasteiger partial charge in [-0.05, 0) is 19.3 Å². The molecule has 0 saturated heterocycles. The van der Waals surface area contributed by atoms with Gasteiger partial charge < -0.3 is 5.11 Å². The van der Waals surface area contributed by atoms with Crippen molar-refractivity contribution in [2.24, 2.45) is 0 Å². The van der Waals surface area contributed by atoms with Crippen LogP contribution in [-0.4, -0.2) is 22.5 Å². The summed E-state index contributed by atoms with van der Waals surface area (Å²) < 4.78 is 0. The second-order valence-corrected chi connectivity index (χ2v) is 3.29. The minimum absolute atomic E-state index is 0.246. The summed E-state index contributed by atoms with van der Waals surface area (Å²) in [7, 11) is 0. The lowest BCUT2D eigenvalue weighted by molar-refractivity contribution is 0.0572. The Kier molecular flexibility index (Phi) is 6.02. The van der Waals surface area contributed by atoms with Gasteiger partial charge in [-0.3, -0.25) is 0 Å². The summed E-state index contributed by atoms with van der Waals surface area (Å²) in [4.78, 5) is 0. The maximum absolute atomic E-state index is 9.69. The van der Waals surface area contributed by atoms with Crippen molar-refractivity contribution in [3.63, 3.8) is 0 Å². The zero-order valence-corrected chi connectivity index (χ0v) is 8.03. The molecule has 1 atom stereocenters. The highest BCUT2D eigenvalue weighted by atomic mass is 35.5. The summed E-state index contributed by atoms with van der Waals surface area (Å²) in [6.45, 7) is 3.55. The lowest BCUT2D eigenvalue weighted by Crippen LogP contribution is -2.30. The van der Waals surface area contributed by atoms with Crippen molar-refractivity contribution in [3.05, 3.63) is 12.7 Å². The van der Waals surface area contributed by atoms with E-state index in [-0.39, 0.29) is 5.88 Å². The predicted molar refractivity (Wildman–Crippen MR) is 50.4 cm³/mol. The molecule has 0 bridgehead atoms. The third kappa shape index (κ3) is 4.67. The molecule has 0 radical (unpaired) electrons. The van der Waals surface area contributed by atoms with Crippen LogP contribution < -0.4 is 0 Å². The Hall–Kier alpha value is 0.280. The van der Waals surface area contributed by atoms with Crippen LogP contribution in [0, 0.1) is 0 Å². The fraction of sp³-hybridized carbons (Fsp3) is 0.750. The summed E-state index contributed by atoms with van der Waals surface area (Å²) in [5.74, 6) is 0.812. The van der Waals surface area contributed by atoms with Crippen molar-refractivity contribution >= 4 is 23.2 Å². The van der Waals surface area contributed by atoms with Crippen LogP contribution in [0.4, 0.5) is 0 Å². The first-order valence-corrected chi connectivity index (χ1v) is 4.70. The van der Waals surface area contributed by atoms with Gasteiger partial charge in [0.15, 0.2) is 0 Å². The van der Waals surface area contributed by atoms with E-state index in [0.717, 1.165) is 6.42 Å². The summed E-state index contributed by atoms with van der Waals surface area (Å²) in [5, 5.41) is 9.69. The van der Waals surface area contributed by atoms with E-state index in [0.29, 0.717) is 18.7 Å². The molecule has 0 aromatic heterocycles. The molecular formula is C8H14Cl2O. The van der Waals surface area contributed by atoms with Gasteiger partial charge in [-0.1, -0.05) is 6.08 Å². The van der Waals surface area contributed by atoms with Gasteiger partial charge in [-0.25, -0.2) is 0 Å². The second-order valence-electron chi connectivity index (χ2n) is 2.64. The monoisotopic (exact) mass is 196 g/mol. The van der Waals surface area contributed by atoms with Gasteiger partial charge in [-0.2, -0.15) is 0 Å². The molecule has 0 amide bonds. The van der Waals surface area contributed by atoms with Gasteiger partial charge in [0.2, 0.25) is 0 Å². The van der Waals surface area contributed by atoms with E-state index in [2.05, 4.69) is 6.58 Å². The molecule has 3 heteroatoms. The number of rotatable bonds is 6. The third-order valence-electron chi connectivity index (χ3n) is 1.55. The van der Waals surface area contributed by atoms with Crippen LogP contribution in [0.1, 0.15) is 19.3 Å². The van der Waals surface area contributed by atoms with Gasteiger partial charge in [0, 0.05) is 5.88 Å². The topological polar surface area (TPSA) is 20.2 Å². The summed E-state index contributed by atoms with van der Waals surface area (Å²) >= 11 is 11.1. The summed E-state index contributed by atoms with van der Waals surface area (Å²) in [6.07, 6.45) is 3.65. The molecular weight excluding hydrogens is 183 g/mol. The van der Waals surface area contributed by atoms with Crippen LogP contribution in [0.25, 0.3) is 0 Å². The minimum Gasteiger partial charge on any atom is -0.388 e. The van der Waals surface area contributed by atoms with Crippen LogP contribution >= 0.6 is 23.2 Å². The predicted octanol–water partition coefficient (Wildman–Crippen LogP) is 2.55. The van der Waals surface area contributed by atoms with Crippen molar-refractivity contribution in [2.75, 3.05) is 11.8 Å². The smallest absolute Gasteiger partial charge is 0.0817 e. The van der Waals surface area contributed by atoms with E-state index >= 15 is 0 Å². The SMILES string of the molecule is C=CC[C@@](O)(CCl)CCCCl. The van der Waals surface area contributed by atoms with Gasteiger partial charge in [0.25, 0.3) is 0 Å². The standard InChI is InChI=1S/C8H14Cl2O/c1-2-4-8(11,7-10)5-3-6-9/h2,11H,1,3-7H2/t8-/m0/s1. The molecule has 1 nitrogen and oxygen atoms in total. The molecule has 11 heavy (non-hydrogen) atoms. The Balaban J connectivity index is 3.77. The second kappa shape index (κ2) is 5.87. The first kappa shape index (κ1) is 11.3. The van der Waals surface area contributed by atoms with Crippen LogP contribution in [0.3, 0.4) is 0 Å². The van der Waals surface area contributed by atoms with Crippen molar-refractivity contribution in [1.82, 2.24) is 0 Å². The Morgan fingerprint density at radius 3 is 2.45 bits per heavy atom. The van der Waals surface area contributed by atoms with E-state index in [1.807, 2.05) is 0 Å². The summed E-state index contributed by atoms with van der Waals surface area (Å²) in [6, 6.07) is 0. The highest BCUT2D eigenvalue weighted by Crippen LogP contribution is 2.19. The molecule has 0 aromatic rings. The summed E-state index contributed by atoms with van der Waals surface area (Å²) in [5.41, 5.74) is -0.793. The maximum Gasteiger partial charge on any atom is 0.0817 e. The van der Waals surface area contributed by atoms with Crippen molar-refractivity contribution in [3.8, 4) is 0 Å². The largest absolute Gasteiger partial charge is 0.388 e. The van der Waals surface area contributed by atoms with Gasteiger partial charge in [0.05, 0.1) is 11.5 Å².